The minimum atomic E-state index is -0.915. The Labute approximate surface area is 99.1 Å². The molecule has 1 heterocycles. The number of carbonyl (C=O) groups is 1. The predicted molar refractivity (Wildman–Crippen MR) is 66.6 cm³/mol. The molecule has 0 atom stereocenters. The molecular weight excluding hydrogens is 214 g/mol. The van der Waals surface area contributed by atoms with E-state index in [-0.39, 0.29) is 0 Å². The summed E-state index contributed by atoms with van der Waals surface area (Å²) >= 11 is 0. The van der Waals surface area contributed by atoms with Crippen LogP contribution in [0.4, 0.5) is 0 Å². The molecule has 0 fully saturated rings. The Bertz CT molecular complexity index is 547. The average molecular weight is 225 g/mol. The van der Waals surface area contributed by atoms with Gasteiger partial charge in [0.15, 0.2) is 0 Å². The van der Waals surface area contributed by atoms with Gasteiger partial charge in [-0.1, -0.05) is 30.4 Å². The van der Waals surface area contributed by atoms with Crippen LogP contribution in [0, 0.1) is 0 Å². The first-order chi connectivity index (χ1) is 8.25. The minimum absolute atomic E-state index is 0.290. The van der Waals surface area contributed by atoms with Gasteiger partial charge in [-0.05, 0) is 29.3 Å². The van der Waals surface area contributed by atoms with Crippen LogP contribution in [-0.2, 0) is 0 Å². The molecule has 0 saturated carbocycles. The lowest BCUT2D eigenvalue weighted by atomic mass is 10.1. The Hall–Kier alpha value is -2.42. The second-order valence-electron chi connectivity index (χ2n) is 3.55. The van der Waals surface area contributed by atoms with Crippen LogP contribution in [0.5, 0.6) is 0 Å². The number of pyridine rings is 1. The quantitative estimate of drug-likeness (QED) is 0.873. The summed E-state index contributed by atoms with van der Waals surface area (Å²) in [5.41, 5.74) is 2.13. The molecule has 17 heavy (non-hydrogen) atoms. The van der Waals surface area contributed by atoms with E-state index >= 15 is 0 Å². The molecule has 1 N–H and O–H groups in total. The average Bonchev–Trinajstić information content (AvgIpc) is 2.38. The molecule has 1 aromatic heterocycles. The van der Waals surface area contributed by atoms with Crippen LogP contribution in [0.3, 0.4) is 0 Å². The van der Waals surface area contributed by atoms with E-state index in [1.165, 1.54) is 0 Å². The van der Waals surface area contributed by atoms with Crippen LogP contribution >= 0.6 is 0 Å². The zero-order chi connectivity index (χ0) is 12.1. The van der Waals surface area contributed by atoms with E-state index in [1.807, 2.05) is 30.4 Å². The van der Waals surface area contributed by atoms with Crippen molar-refractivity contribution in [1.29, 1.82) is 0 Å². The van der Waals surface area contributed by atoms with E-state index in [9.17, 15) is 4.79 Å². The van der Waals surface area contributed by atoms with Crippen molar-refractivity contribution in [3.8, 4) is 0 Å². The first-order valence-corrected chi connectivity index (χ1v) is 5.17. The van der Waals surface area contributed by atoms with E-state index in [1.54, 1.807) is 30.6 Å². The van der Waals surface area contributed by atoms with Crippen LogP contribution in [0.1, 0.15) is 21.5 Å². The van der Waals surface area contributed by atoms with E-state index < -0.39 is 5.97 Å². The van der Waals surface area contributed by atoms with E-state index in [2.05, 4.69) is 4.98 Å². The van der Waals surface area contributed by atoms with Crippen molar-refractivity contribution >= 4 is 18.1 Å². The summed E-state index contributed by atoms with van der Waals surface area (Å²) in [6.07, 6.45) is 7.22. The highest BCUT2D eigenvalue weighted by Gasteiger charge is 2.00. The lowest BCUT2D eigenvalue weighted by Crippen LogP contribution is -1.95. The van der Waals surface area contributed by atoms with Crippen molar-refractivity contribution in [3.05, 3.63) is 65.5 Å². The molecule has 0 aliphatic carbocycles. The van der Waals surface area contributed by atoms with Gasteiger partial charge in [0.05, 0.1) is 5.56 Å². The number of aromatic carboxylic acids is 1. The molecule has 0 aliphatic heterocycles. The highest BCUT2D eigenvalue weighted by atomic mass is 16.4. The van der Waals surface area contributed by atoms with Gasteiger partial charge >= 0.3 is 5.97 Å². The summed E-state index contributed by atoms with van der Waals surface area (Å²) in [6.45, 7) is 0. The van der Waals surface area contributed by atoms with Crippen molar-refractivity contribution in [1.82, 2.24) is 4.98 Å². The Morgan fingerprint density at radius 3 is 2.59 bits per heavy atom. The number of benzene rings is 1. The van der Waals surface area contributed by atoms with Crippen molar-refractivity contribution in [2.75, 3.05) is 0 Å². The summed E-state index contributed by atoms with van der Waals surface area (Å²) in [7, 11) is 0. The normalized spacial score (nSPS) is 10.6. The molecule has 3 nitrogen and oxygen atoms in total. The Morgan fingerprint density at radius 2 is 1.88 bits per heavy atom. The number of hydrogen-bond donors (Lipinski definition) is 1. The van der Waals surface area contributed by atoms with E-state index in [0.717, 1.165) is 11.1 Å². The fraction of sp³-hybridized carbons (Fsp3) is 0. The van der Waals surface area contributed by atoms with E-state index in [4.69, 9.17) is 5.11 Å². The van der Waals surface area contributed by atoms with Gasteiger partial charge in [0.25, 0.3) is 0 Å². The highest BCUT2D eigenvalue weighted by molar-refractivity contribution is 5.88. The fourth-order valence-electron chi connectivity index (χ4n) is 1.44. The largest absolute Gasteiger partial charge is 0.478 e. The zero-order valence-corrected chi connectivity index (χ0v) is 9.08. The summed E-state index contributed by atoms with van der Waals surface area (Å²) in [4.78, 5) is 14.8. The molecule has 0 radical (unpaired) electrons. The molecular formula is C14H11NO2. The molecule has 0 unspecified atom stereocenters. The maximum absolute atomic E-state index is 10.8. The van der Waals surface area contributed by atoms with Crippen LogP contribution in [0.2, 0.25) is 0 Å². The van der Waals surface area contributed by atoms with E-state index in [0.29, 0.717) is 5.56 Å². The third-order valence-corrected chi connectivity index (χ3v) is 2.29. The molecule has 0 bridgehead atoms. The van der Waals surface area contributed by atoms with Crippen LogP contribution in [0.15, 0.2) is 48.8 Å². The molecule has 3 heteroatoms. The monoisotopic (exact) mass is 225 g/mol. The van der Waals surface area contributed by atoms with Gasteiger partial charge in [0.2, 0.25) is 0 Å². The summed E-state index contributed by atoms with van der Waals surface area (Å²) < 4.78 is 0. The molecule has 0 aliphatic rings. The second kappa shape index (κ2) is 5.07. The number of nitrogens with zero attached hydrogens (tertiary/aromatic N) is 1. The first-order valence-electron chi connectivity index (χ1n) is 5.17. The van der Waals surface area contributed by atoms with Crippen molar-refractivity contribution in [2.24, 2.45) is 0 Å². The standard InChI is InChI=1S/C14H11NO2/c16-14(17)13-5-1-3-11(9-13)6-7-12-4-2-8-15-10-12/h1-10H,(H,16,17)/b7-6-. The van der Waals surface area contributed by atoms with Gasteiger partial charge in [-0.15, -0.1) is 0 Å². The topological polar surface area (TPSA) is 50.2 Å². The van der Waals surface area contributed by atoms with Crippen LogP contribution in [-0.4, -0.2) is 16.1 Å². The maximum Gasteiger partial charge on any atom is 0.335 e. The lowest BCUT2D eigenvalue weighted by molar-refractivity contribution is 0.0697. The zero-order valence-electron chi connectivity index (χ0n) is 9.08. The molecule has 2 aromatic rings. The first kappa shape index (κ1) is 11.1. The van der Waals surface area contributed by atoms with Crippen molar-refractivity contribution < 1.29 is 9.90 Å². The number of rotatable bonds is 3. The maximum atomic E-state index is 10.8. The molecule has 84 valence electrons. The van der Waals surface area contributed by atoms with Gasteiger partial charge in [0.1, 0.15) is 0 Å². The van der Waals surface area contributed by atoms with Gasteiger partial charge in [-0.3, -0.25) is 4.98 Å². The fourth-order valence-corrected chi connectivity index (χ4v) is 1.44. The smallest absolute Gasteiger partial charge is 0.335 e. The molecule has 0 spiro atoms. The Kier molecular flexibility index (Phi) is 3.31. The SMILES string of the molecule is O=C(O)c1cccc(/C=C\c2cccnc2)c1. The van der Waals surface area contributed by atoms with Crippen LogP contribution in [0.25, 0.3) is 12.2 Å². The third-order valence-electron chi connectivity index (χ3n) is 2.29. The summed E-state index contributed by atoms with van der Waals surface area (Å²) in [5, 5.41) is 8.86. The number of carboxylic acid groups (broad SMARTS) is 1. The van der Waals surface area contributed by atoms with Gasteiger partial charge in [-0.25, -0.2) is 4.79 Å². The van der Waals surface area contributed by atoms with Gasteiger partial charge in [0, 0.05) is 12.4 Å². The number of carboxylic acids is 1. The van der Waals surface area contributed by atoms with Crippen molar-refractivity contribution in [3.63, 3.8) is 0 Å². The Morgan fingerprint density at radius 1 is 1.12 bits per heavy atom. The Balaban J connectivity index is 2.22. The lowest BCUT2D eigenvalue weighted by Gasteiger charge is -1.97. The van der Waals surface area contributed by atoms with Gasteiger partial charge in [-0.2, -0.15) is 0 Å². The molecule has 2 rings (SSSR count). The highest BCUT2D eigenvalue weighted by Crippen LogP contribution is 2.09. The second-order valence-corrected chi connectivity index (χ2v) is 3.55. The molecule has 0 saturated heterocycles. The molecule has 0 amide bonds. The number of aromatic nitrogens is 1. The van der Waals surface area contributed by atoms with Crippen LogP contribution < -0.4 is 0 Å². The summed E-state index contributed by atoms with van der Waals surface area (Å²) in [6, 6.07) is 10.6. The third kappa shape index (κ3) is 3.01. The minimum Gasteiger partial charge on any atom is -0.478 e. The predicted octanol–water partition coefficient (Wildman–Crippen LogP) is 2.95. The van der Waals surface area contributed by atoms with Gasteiger partial charge < -0.3 is 5.11 Å². The number of hydrogen-bond acceptors (Lipinski definition) is 2. The summed E-state index contributed by atoms with van der Waals surface area (Å²) in [5.74, 6) is -0.915. The molecule has 1 aromatic carbocycles. The van der Waals surface area contributed by atoms with Crippen molar-refractivity contribution in [2.45, 2.75) is 0 Å².